The van der Waals surface area contributed by atoms with Crippen molar-refractivity contribution < 1.29 is 13.2 Å². The minimum Gasteiger partial charge on any atom is -0.399 e. The Balaban J connectivity index is 2.05. The first-order chi connectivity index (χ1) is 8.92. The van der Waals surface area contributed by atoms with Gasteiger partial charge in [-0.1, -0.05) is 6.07 Å². The van der Waals surface area contributed by atoms with Gasteiger partial charge in [0.25, 0.3) is 0 Å². The Hall–Kier alpha value is -1.11. The summed E-state index contributed by atoms with van der Waals surface area (Å²) in [4.78, 5) is 0.257. The van der Waals surface area contributed by atoms with Gasteiger partial charge in [0.2, 0.25) is 10.0 Å². The van der Waals surface area contributed by atoms with Crippen LogP contribution in [0.3, 0.4) is 0 Å². The standard InChI is InChI=1S/C13H20N2O3S/c1-3-18-12-7-11(8-12)15-19(16,17)13-6-10(14)5-4-9(13)2/h4-6,11-12,15H,3,7-8,14H2,1-2H3. The molecule has 0 saturated heterocycles. The predicted molar refractivity (Wildman–Crippen MR) is 74.3 cm³/mol. The lowest BCUT2D eigenvalue weighted by Crippen LogP contribution is -2.47. The van der Waals surface area contributed by atoms with Crippen molar-refractivity contribution in [1.82, 2.24) is 4.72 Å². The molecule has 19 heavy (non-hydrogen) atoms. The monoisotopic (exact) mass is 284 g/mol. The second-order valence-electron chi connectivity index (χ2n) is 4.89. The van der Waals surface area contributed by atoms with Crippen LogP contribution in [0.4, 0.5) is 5.69 Å². The van der Waals surface area contributed by atoms with Crippen molar-refractivity contribution in [1.29, 1.82) is 0 Å². The van der Waals surface area contributed by atoms with Gasteiger partial charge in [-0.25, -0.2) is 13.1 Å². The van der Waals surface area contributed by atoms with Crippen LogP contribution >= 0.6 is 0 Å². The van der Waals surface area contributed by atoms with E-state index in [0.717, 1.165) is 12.8 Å². The molecule has 0 aliphatic heterocycles. The van der Waals surface area contributed by atoms with Crippen molar-refractivity contribution in [3.05, 3.63) is 23.8 Å². The second kappa shape index (κ2) is 5.48. The number of hydrogen-bond donors (Lipinski definition) is 2. The van der Waals surface area contributed by atoms with Crippen molar-refractivity contribution in [2.24, 2.45) is 0 Å². The van der Waals surface area contributed by atoms with Gasteiger partial charge in [-0.3, -0.25) is 0 Å². The van der Waals surface area contributed by atoms with Crippen LogP contribution in [0.25, 0.3) is 0 Å². The maximum atomic E-state index is 12.3. The Morgan fingerprint density at radius 1 is 1.42 bits per heavy atom. The van der Waals surface area contributed by atoms with Crippen molar-refractivity contribution in [2.75, 3.05) is 12.3 Å². The Bertz CT molecular complexity index is 551. The summed E-state index contributed by atoms with van der Waals surface area (Å²) in [7, 11) is -3.50. The van der Waals surface area contributed by atoms with E-state index in [1.54, 1.807) is 19.1 Å². The Morgan fingerprint density at radius 3 is 2.74 bits per heavy atom. The van der Waals surface area contributed by atoms with Crippen LogP contribution in [-0.4, -0.2) is 27.2 Å². The first-order valence-electron chi connectivity index (χ1n) is 6.42. The minimum atomic E-state index is -3.50. The summed E-state index contributed by atoms with van der Waals surface area (Å²) in [6.45, 7) is 4.36. The molecule has 0 heterocycles. The van der Waals surface area contributed by atoms with Crippen LogP contribution < -0.4 is 10.5 Å². The number of nitrogens with one attached hydrogen (secondary N) is 1. The SMILES string of the molecule is CCOC1CC(NS(=O)(=O)c2cc(N)ccc2C)C1. The van der Waals surface area contributed by atoms with Crippen LogP contribution in [0.1, 0.15) is 25.3 Å². The molecule has 0 amide bonds. The summed E-state index contributed by atoms with van der Waals surface area (Å²) in [6.07, 6.45) is 1.64. The molecule has 106 valence electrons. The lowest BCUT2D eigenvalue weighted by atomic mass is 9.90. The number of nitrogens with two attached hydrogens (primary N) is 1. The van der Waals surface area contributed by atoms with Crippen LogP contribution in [0.5, 0.6) is 0 Å². The molecule has 1 fully saturated rings. The maximum Gasteiger partial charge on any atom is 0.241 e. The molecule has 5 nitrogen and oxygen atoms in total. The Labute approximate surface area is 114 Å². The molecule has 0 atom stereocenters. The summed E-state index contributed by atoms with van der Waals surface area (Å²) in [5.41, 5.74) is 6.80. The molecule has 6 heteroatoms. The lowest BCUT2D eigenvalue weighted by molar-refractivity contribution is -0.00475. The number of anilines is 1. The van der Waals surface area contributed by atoms with E-state index >= 15 is 0 Å². The molecule has 1 aromatic carbocycles. The number of ether oxygens (including phenoxy) is 1. The predicted octanol–water partition coefficient (Wildman–Crippen LogP) is 1.42. The topological polar surface area (TPSA) is 81.4 Å². The molecule has 1 saturated carbocycles. The molecule has 2 rings (SSSR count). The average molecular weight is 284 g/mol. The molecule has 0 bridgehead atoms. The summed E-state index contributed by atoms with van der Waals surface area (Å²) in [5, 5.41) is 0. The van der Waals surface area contributed by atoms with Crippen LogP contribution in [0.2, 0.25) is 0 Å². The second-order valence-corrected chi connectivity index (χ2v) is 6.57. The first-order valence-corrected chi connectivity index (χ1v) is 7.90. The Morgan fingerprint density at radius 2 is 2.11 bits per heavy atom. The highest BCUT2D eigenvalue weighted by molar-refractivity contribution is 7.89. The molecule has 1 aliphatic carbocycles. The average Bonchev–Trinajstić information content (AvgIpc) is 2.29. The number of nitrogen functional groups attached to an aromatic ring is 1. The zero-order chi connectivity index (χ0) is 14.0. The van der Waals surface area contributed by atoms with Gasteiger partial charge in [-0.2, -0.15) is 0 Å². The van der Waals surface area contributed by atoms with E-state index in [2.05, 4.69) is 4.72 Å². The van der Waals surface area contributed by atoms with E-state index in [0.29, 0.717) is 17.9 Å². The molecule has 0 unspecified atom stereocenters. The largest absolute Gasteiger partial charge is 0.399 e. The number of sulfonamides is 1. The molecule has 1 aliphatic rings. The highest BCUT2D eigenvalue weighted by atomic mass is 32.2. The van der Waals surface area contributed by atoms with E-state index < -0.39 is 10.0 Å². The van der Waals surface area contributed by atoms with Crippen molar-refractivity contribution in [3.63, 3.8) is 0 Å². The van der Waals surface area contributed by atoms with Gasteiger partial charge in [0, 0.05) is 18.3 Å². The molecule has 0 aromatic heterocycles. The van der Waals surface area contributed by atoms with Gasteiger partial charge >= 0.3 is 0 Å². The fourth-order valence-corrected chi connectivity index (χ4v) is 3.76. The summed E-state index contributed by atoms with van der Waals surface area (Å²) in [5.74, 6) is 0. The highest BCUT2D eigenvalue weighted by Crippen LogP contribution is 2.26. The van der Waals surface area contributed by atoms with Gasteiger partial charge in [0.15, 0.2) is 0 Å². The molecule has 0 radical (unpaired) electrons. The van der Waals surface area contributed by atoms with Crippen molar-refractivity contribution >= 4 is 15.7 Å². The number of aryl methyl sites for hydroxylation is 1. The quantitative estimate of drug-likeness (QED) is 0.801. The third-order valence-corrected chi connectivity index (χ3v) is 4.98. The zero-order valence-electron chi connectivity index (χ0n) is 11.2. The van der Waals surface area contributed by atoms with Gasteiger partial charge in [-0.05, 0) is 44.4 Å². The molecular weight excluding hydrogens is 264 g/mol. The normalized spacial score (nSPS) is 23.1. The van der Waals surface area contributed by atoms with Crippen LogP contribution in [0.15, 0.2) is 23.1 Å². The number of rotatable bonds is 5. The van der Waals surface area contributed by atoms with Crippen LogP contribution in [0, 0.1) is 6.92 Å². The van der Waals surface area contributed by atoms with Gasteiger partial charge < -0.3 is 10.5 Å². The third-order valence-electron chi connectivity index (χ3n) is 3.32. The summed E-state index contributed by atoms with van der Waals surface area (Å²) in [6, 6.07) is 4.87. The minimum absolute atomic E-state index is 0.0395. The van der Waals surface area contributed by atoms with Crippen molar-refractivity contribution in [3.8, 4) is 0 Å². The highest BCUT2D eigenvalue weighted by Gasteiger charge is 2.33. The Kier molecular flexibility index (Phi) is 4.13. The fraction of sp³-hybridized carbons (Fsp3) is 0.538. The fourth-order valence-electron chi connectivity index (χ4n) is 2.22. The number of benzene rings is 1. The lowest BCUT2D eigenvalue weighted by Gasteiger charge is -2.35. The maximum absolute atomic E-state index is 12.3. The smallest absolute Gasteiger partial charge is 0.241 e. The van der Waals surface area contributed by atoms with Crippen molar-refractivity contribution in [2.45, 2.75) is 43.7 Å². The zero-order valence-corrected chi connectivity index (χ0v) is 12.0. The van der Waals surface area contributed by atoms with E-state index in [4.69, 9.17) is 10.5 Å². The molecule has 1 aromatic rings. The van der Waals surface area contributed by atoms with E-state index in [1.165, 1.54) is 6.07 Å². The molecule has 3 N–H and O–H groups in total. The van der Waals surface area contributed by atoms with Crippen LogP contribution in [-0.2, 0) is 14.8 Å². The first kappa shape index (κ1) is 14.3. The molecular formula is C13H20N2O3S. The van der Waals surface area contributed by atoms with Gasteiger partial charge in [0.1, 0.15) is 0 Å². The van der Waals surface area contributed by atoms with Gasteiger partial charge in [0.05, 0.1) is 11.0 Å². The summed E-state index contributed by atoms with van der Waals surface area (Å²) >= 11 is 0. The van der Waals surface area contributed by atoms with E-state index in [-0.39, 0.29) is 17.0 Å². The molecule has 0 spiro atoms. The number of hydrogen-bond acceptors (Lipinski definition) is 4. The van der Waals surface area contributed by atoms with E-state index in [1.807, 2.05) is 6.92 Å². The third kappa shape index (κ3) is 3.26. The van der Waals surface area contributed by atoms with E-state index in [9.17, 15) is 8.42 Å². The van der Waals surface area contributed by atoms with Gasteiger partial charge in [-0.15, -0.1) is 0 Å². The summed E-state index contributed by atoms with van der Waals surface area (Å²) < 4.78 is 32.6.